The Morgan fingerprint density at radius 2 is 1.70 bits per heavy atom. The molecule has 176 valence electrons. The van der Waals surface area contributed by atoms with Crippen molar-refractivity contribution < 1.29 is 27.5 Å². The van der Waals surface area contributed by atoms with E-state index in [9.17, 15) is 22.8 Å². The zero-order valence-electron chi connectivity index (χ0n) is 18.4. The molecule has 2 aromatic rings. The molecule has 2 aromatic carbocycles. The third-order valence-corrected chi connectivity index (χ3v) is 6.27. The predicted molar refractivity (Wildman–Crippen MR) is 121 cm³/mol. The van der Waals surface area contributed by atoms with Crippen LogP contribution in [-0.2, 0) is 15.8 Å². The van der Waals surface area contributed by atoms with Gasteiger partial charge in [-0.25, -0.2) is 0 Å². The summed E-state index contributed by atoms with van der Waals surface area (Å²) in [7, 11) is 0. The standard InChI is InChI=1S/C24H25F3N2O3S/c1-3-32-20-6-4-5-7-22(20)33-21-10-8-18(16-19(21)24(25,26)27)9-11-23(31)29-14-12-28(13-15-29)17(2)30/h4-11,16H,3,12-15H2,1-2H3. The minimum absolute atomic E-state index is 0.0424. The Labute approximate surface area is 195 Å². The Kier molecular flexibility index (Phi) is 8.07. The van der Waals surface area contributed by atoms with Gasteiger partial charge in [0.15, 0.2) is 0 Å². The summed E-state index contributed by atoms with van der Waals surface area (Å²) in [5.41, 5.74) is -0.496. The van der Waals surface area contributed by atoms with E-state index in [-0.39, 0.29) is 22.3 Å². The number of nitrogens with zero attached hydrogens (tertiary/aromatic N) is 2. The van der Waals surface area contributed by atoms with Crippen molar-refractivity contribution in [1.82, 2.24) is 9.80 Å². The minimum Gasteiger partial charge on any atom is -0.493 e. The number of hydrogen-bond donors (Lipinski definition) is 0. The van der Waals surface area contributed by atoms with Crippen LogP contribution in [-0.4, -0.2) is 54.4 Å². The number of carbonyl (C=O) groups is 2. The lowest BCUT2D eigenvalue weighted by Crippen LogP contribution is -2.49. The van der Waals surface area contributed by atoms with Gasteiger partial charge in [-0.3, -0.25) is 9.59 Å². The first kappa shape index (κ1) is 24.7. The first-order valence-corrected chi connectivity index (χ1v) is 11.3. The van der Waals surface area contributed by atoms with Crippen molar-refractivity contribution in [3.8, 4) is 5.75 Å². The molecular weight excluding hydrogens is 453 g/mol. The number of amides is 2. The number of halogens is 3. The van der Waals surface area contributed by atoms with E-state index in [0.29, 0.717) is 43.4 Å². The summed E-state index contributed by atoms with van der Waals surface area (Å²) in [6.07, 6.45) is -1.90. The minimum atomic E-state index is -4.56. The second kappa shape index (κ2) is 10.8. The molecule has 0 atom stereocenters. The van der Waals surface area contributed by atoms with Crippen LogP contribution in [0.4, 0.5) is 13.2 Å². The van der Waals surface area contributed by atoms with Crippen LogP contribution in [0.3, 0.4) is 0 Å². The Hall–Kier alpha value is -2.94. The molecular formula is C24H25F3N2O3S. The maximum Gasteiger partial charge on any atom is 0.417 e. The fourth-order valence-electron chi connectivity index (χ4n) is 3.40. The van der Waals surface area contributed by atoms with Crippen molar-refractivity contribution in [3.63, 3.8) is 0 Å². The third-order valence-electron chi connectivity index (χ3n) is 5.13. The van der Waals surface area contributed by atoms with Crippen LogP contribution in [0.25, 0.3) is 6.08 Å². The van der Waals surface area contributed by atoms with Gasteiger partial charge >= 0.3 is 6.18 Å². The maximum absolute atomic E-state index is 13.8. The van der Waals surface area contributed by atoms with Gasteiger partial charge in [0.25, 0.3) is 0 Å². The SMILES string of the molecule is CCOc1ccccc1Sc1ccc(C=CC(=O)N2CCN(C(C)=O)CC2)cc1C(F)(F)F. The molecule has 0 aromatic heterocycles. The first-order chi connectivity index (χ1) is 15.7. The van der Waals surface area contributed by atoms with Gasteiger partial charge in [0.2, 0.25) is 11.8 Å². The summed E-state index contributed by atoms with van der Waals surface area (Å²) in [4.78, 5) is 27.7. The quantitative estimate of drug-likeness (QED) is 0.551. The van der Waals surface area contributed by atoms with Crippen molar-refractivity contribution in [2.45, 2.75) is 29.8 Å². The van der Waals surface area contributed by atoms with E-state index < -0.39 is 11.7 Å². The summed E-state index contributed by atoms with van der Waals surface area (Å²) in [6.45, 7) is 5.38. The van der Waals surface area contributed by atoms with Crippen LogP contribution in [0.5, 0.6) is 5.75 Å². The lowest BCUT2D eigenvalue weighted by molar-refractivity contribution is -0.139. The van der Waals surface area contributed by atoms with Gasteiger partial charge in [-0.15, -0.1) is 0 Å². The summed E-state index contributed by atoms with van der Waals surface area (Å²) in [6, 6.07) is 11.0. The van der Waals surface area contributed by atoms with E-state index in [0.717, 1.165) is 17.8 Å². The lowest BCUT2D eigenvalue weighted by Gasteiger charge is -2.33. The zero-order valence-corrected chi connectivity index (χ0v) is 19.2. The Bertz CT molecular complexity index is 1030. The van der Waals surface area contributed by atoms with Gasteiger partial charge in [-0.2, -0.15) is 13.2 Å². The molecule has 9 heteroatoms. The number of alkyl halides is 3. The second-order valence-electron chi connectivity index (χ2n) is 7.40. The number of para-hydroxylation sites is 1. The highest BCUT2D eigenvalue weighted by Gasteiger charge is 2.34. The molecule has 1 heterocycles. The lowest BCUT2D eigenvalue weighted by atomic mass is 10.1. The van der Waals surface area contributed by atoms with Gasteiger partial charge in [-0.05, 0) is 42.8 Å². The second-order valence-corrected chi connectivity index (χ2v) is 8.48. The number of carbonyl (C=O) groups excluding carboxylic acids is 2. The molecule has 3 rings (SSSR count). The van der Waals surface area contributed by atoms with E-state index in [2.05, 4.69) is 0 Å². The summed E-state index contributed by atoms with van der Waals surface area (Å²) in [5.74, 6) is 0.188. The molecule has 0 aliphatic carbocycles. The molecule has 5 nitrogen and oxygen atoms in total. The van der Waals surface area contributed by atoms with Crippen LogP contribution in [0.1, 0.15) is 25.0 Å². The van der Waals surface area contributed by atoms with Crippen molar-refractivity contribution in [3.05, 3.63) is 59.7 Å². The molecule has 2 amide bonds. The molecule has 1 aliphatic rings. The number of piperazine rings is 1. The summed E-state index contributed by atoms with van der Waals surface area (Å²) in [5, 5.41) is 0. The molecule has 33 heavy (non-hydrogen) atoms. The summed E-state index contributed by atoms with van der Waals surface area (Å²) >= 11 is 0.990. The van der Waals surface area contributed by atoms with Crippen LogP contribution in [0.15, 0.2) is 58.3 Å². The van der Waals surface area contributed by atoms with E-state index >= 15 is 0 Å². The predicted octanol–water partition coefficient (Wildman–Crippen LogP) is 4.96. The fraction of sp³-hybridized carbons (Fsp3) is 0.333. The average molecular weight is 479 g/mol. The van der Waals surface area contributed by atoms with Crippen molar-refractivity contribution in [1.29, 1.82) is 0 Å². The molecule has 0 N–H and O–H groups in total. The van der Waals surface area contributed by atoms with Crippen LogP contribution < -0.4 is 4.74 Å². The monoisotopic (exact) mass is 478 g/mol. The van der Waals surface area contributed by atoms with Crippen LogP contribution in [0, 0.1) is 0 Å². The summed E-state index contributed by atoms with van der Waals surface area (Å²) < 4.78 is 46.9. The van der Waals surface area contributed by atoms with E-state index in [4.69, 9.17) is 4.74 Å². The van der Waals surface area contributed by atoms with Crippen LogP contribution in [0.2, 0.25) is 0 Å². The number of hydrogen-bond acceptors (Lipinski definition) is 4. The molecule has 0 spiro atoms. The molecule has 0 bridgehead atoms. The number of benzene rings is 2. The Morgan fingerprint density at radius 1 is 1.03 bits per heavy atom. The van der Waals surface area contributed by atoms with Gasteiger partial charge in [0.05, 0.1) is 17.1 Å². The first-order valence-electron chi connectivity index (χ1n) is 10.5. The molecule has 1 saturated heterocycles. The molecule has 0 radical (unpaired) electrons. The van der Waals surface area contributed by atoms with E-state index in [1.165, 1.54) is 25.1 Å². The topological polar surface area (TPSA) is 49.9 Å². The molecule has 1 aliphatic heterocycles. The zero-order chi connectivity index (χ0) is 24.0. The van der Waals surface area contributed by atoms with Crippen LogP contribution >= 0.6 is 11.8 Å². The van der Waals surface area contributed by atoms with Gasteiger partial charge in [0, 0.05) is 44.1 Å². The maximum atomic E-state index is 13.8. The van der Waals surface area contributed by atoms with Gasteiger partial charge in [-0.1, -0.05) is 30.0 Å². The highest BCUT2D eigenvalue weighted by molar-refractivity contribution is 7.99. The smallest absolute Gasteiger partial charge is 0.417 e. The number of ether oxygens (including phenoxy) is 1. The highest BCUT2D eigenvalue weighted by atomic mass is 32.2. The van der Waals surface area contributed by atoms with E-state index in [1.807, 2.05) is 6.92 Å². The molecule has 0 unspecified atom stereocenters. The van der Waals surface area contributed by atoms with E-state index in [1.54, 1.807) is 40.1 Å². The molecule has 1 fully saturated rings. The Morgan fingerprint density at radius 3 is 2.33 bits per heavy atom. The van der Waals surface area contributed by atoms with Crippen molar-refractivity contribution in [2.24, 2.45) is 0 Å². The van der Waals surface area contributed by atoms with Crippen molar-refractivity contribution >= 4 is 29.7 Å². The highest BCUT2D eigenvalue weighted by Crippen LogP contribution is 2.42. The molecule has 0 saturated carbocycles. The largest absolute Gasteiger partial charge is 0.493 e. The third kappa shape index (κ3) is 6.54. The Balaban J connectivity index is 1.77. The van der Waals surface area contributed by atoms with Gasteiger partial charge < -0.3 is 14.5 Å². The fourth-order valence-corrected chi connectivity index (χ4v) is 4.44. The normalized spacial score (nSPS) is 14.6. The number of rotatable bonds is 6. The average Bonchev–Trinajstić information content (AvgIpc) is 2.79. The van der Waals surface area contributed by atoms with Gasteiger partial charge in [0.1, 0.15) is 5.75 Å². The van der Waals surface area contributed by atoms with Crippen molar-refractivity contribution in [2.75, 3.05) is 32.8 Å².